The lowest BCUT2D eigenvalue weighted by Crippen LogP contribution is -2.10. The first-order chi connectivity index (χ1) is 13.9. The highest BCUT2D eigenvalue weighted by atomic mass is 16.5. The number of pyridine rings is 1. The van der Waals surface area contributed by atoms with Crippen LogP contribution in [0.2, 0.25) is 0 Å². The van der Waals surface area contributed by atoms with E-state index in [1.165, 1.54) is 16.3 Å². The van der Waals surface area contributed by atoms with E-state index in [4.69, 9.17) is 4.74 Å². The molecule has 28 heavy (non-hydrogen) atoms. The van der Waals surface area contributed by atoms with Gasteiger partial charge in [-0.25, -0.2) is 0 Å². The van der Waals surface area contributed by atoms with Gasteiger partial charge in [0, 0.05) is 23.3 Å². The minimum absolute atomic E-state index is 0.203. The summed E-state index contributed by atoms with van der Waals surface area (Å²) in [6.07, 6.45) is 7.78. The number of rotatable bonds is 4. The molecule has 2 aromatic heterocycles. The standard InChI is InChI=1S/C23H22N4O/c1-2-8-20-17(6-1)10-11-21-22(9-5-13-28-23(20)21)26-19-14-25-27(16-19)15-18-7-3-4-12-24-18/h1-4,6-8,10-12,14,16,22,26H,5,9,13,15H2/t22-/m0/s1. The molecule has 4 aromatic rings. The van der Waals surface area contributed by atoms with Gasteiger partial charge in [-0.05, 0) is 30.4 Å². The zero-order valence-electron chi connectivity index (χ0n) is 15.6. The van der Waals surface area contributed by atoms with Gasteiger partial charge in [0.25, 0.3) is 0 Å². The van der Waals surface area contributed by atoms with Crippen molar-refractivity contribution in [1.29, 1.82) is 0 Å². The molecule has 5 heteroatoms. The summed E-state index contributed by atoms with van der Waals surface area (Å²) in [6.45, 7) is 1.41. The van der Waals surface area contributed by atoms with Gasteiger partial charge in [-0.1, -0.05) is 42.5 Å². The Balaban J connectivity index is 1.41. The number of aromatic nitrogens is 3. The Morgan fingerprint density at radius 1 is 1.07 bits per heavy atom. The van der Waals surface area contributed by atoms with Crippen LogP contribution in [0, 0.1) is 0 Å². The maximum Gasteiger partial charge on any atom is 0.132 e. The van der Waals surface area contributed by atoms with Crippen LogP contribution in [-0.2, 0) is 6.54 Å². The molecular weight excluding hydrogens is 348 g/mol. The quantitative estimate of drug-likeness (QED) is 0.560. The third kappa shape index (κ3) is 3.31. The van der Waals surface area contributed by atoms with Gasteiger partial charge < -0.3 is 10.1 Å². The molecule has 0 fully saturated rings. The van der Waals surface area contributed by atoms with E-state index in [9.17, 15) is 0 Å². The summed E-state index contributed by atoms with van der Waals surface area (Å²) >= 11 is 0. The fourth-order valence-electron chi connectivity index (χ4n) is 3.85. The number of benzene rings is 2. The van der Waals surface area contributed by atoms with Crippen LogP contribution in [0.4, 0.5) is 5.69 Å². The van der Waals surface area contributed by atoms with Crippen LogP contribution in [0.15, 0.2) is 73.2 Å². The SMILES string of the molecule is c1ccc(Cn2cc(N[C@H]3CCCOc4c3ccc3ccccc43)cn2)nc1. The highest BCUT2D eigenvalue weighted by molar-refractivity contribution is 5.90. The maximum atomic E-state index is 6.14. The predicted molar refractivity (Wildman–Crippen MR) is 111 cm³/mol. The Morgan fingerprint density at radius 3 is 2.93 bits per heavy atom. The monoisotopic (exact) mass is 370 g/mol. The van der Waals surface area contributed by atoms with Gasteiger partial charge in [0.2, 0.25) is 0 Å². The Labute approximate surface area is 164 Å². The fraction of sp³-hybridized carbons (Fsp3) is 0.217. The second-order valence-electron chi connectivity index (χ2n) is 7.14. The van der Waals surface area contributed by atoms with Crippen molar-refractivity contribution in [3.8, 4) is 5.75 Å². The molecule has 0 radical (unpaired) electrons. The van der Waals surface area contributed by atoms with Crippen molar-refractivity contribution in [1.82, 2.24) is 14.8 Å². The number of nitrogens with zero attached hydrogens (tertiary/aromatic N) is 3. The van der Waals surface area contributed by atoms with E-state index < -0.39 is 0 Å². The molecule has 0 saturated heterocycles. The summed E-state index contributed by atoms with van der Waals surface area (Å²) in [5, 5.41) is 10.5. The summed E-state index contributed by atoms with van der Waals surface area (Å²) in [5.41, 5.74) is 3.23. The summed E-state index contributed by atoms with van der Waals surface area (Å²) in [7, 11) is 0. The van der Waals surface area contributed by atoms with E-state index >= 15 is 0 Å². The van der Waals surface area contributed by atoms with Crippen molar-refractivity contribution in [2.45, 2.75) is 25.4 Å². The van der Waals surface area contributed by atoms with Crippen molar-refractivity contribution in [3.63, 3.8) is 0 Å². The van der Waals surface area contributed by atoms with Gasteiger partial charge in [-0.2, -0.15) is 5.10 Å². The van der Waals surface area contributed by atoms with Crippen LogP contribution in [0.3, 0.4) is 0 Å². The van der Waals surface area contributed by atoms with Crippen LogP contribution in [0.1, 0.15) is 30.1 Å². The van der Waals surface area contributed by atoms with Gasteiger partial charge in [-0.3, -0.25) is 9.67 Å². The predicted octanol–water partition coefficient (Wildman–Crippen LogP) is 4.81. The Bertz CT molecular complexity index is 1090. The highest BCUT2D eigenvalue weighted by Gasteiger charge is 2.22. The van der Waals surface area contributed by atoms with Crippen molar-refractivity contribution in [2.24, 2.45) is 0 Å². The molecule has 0 aliphatic carbocycles. The number of ether oxygens (including phenoxy) is 1. The minimum Gasteiger partial charge on any atom is -0.493 e. The first-order valence-corrected chi connectivity index (χ1v) is 9.70. The molecule has 1 atom stereocenters. The Hall–Kier alpha value is -3.34. The van der Waals surface area contributed by atoms with E-state index in [-0.39, 0.29) is 6.04 Å². The summed E-state index contributed by atoms with van der Waals surface area (Å²) < 4.78 is 8.06. The molecule has 1 N–H and O–H groups in total. The van der Waals surface area contributed by atoms with Gasteiger partial charge in [0.1, 0.15) is 5.75 Å². The molecule has 140 valence electrons. The summed E-state index contributed by atoms with van der Waals surface area (Å²) in [6, 6.07) is 18.9. The minimum atomic E-state index is 0.203. The topological polar surface area (TPSA) is 52.0 Å². The molecule has 5 nitrogen and oxygen atoms in total. The van der Waals surface area contributed by atoms with Crippen molar-refractivity contribution in [2.75, 3.05) is 11.9 Å². The van der Waals surface area contributed by atoms with Crippen molar-refractivity contribution < 1.29 is 4.74 Å². The van der Waals surface area contributed by atoms with Crippen molar-refractivity contribution >= 4 is 16.5 Å². The van der Waals surface area contributed by atoms with Gasteiger partial charge >= 0.3 is 0 Å². The number of fused-ring (bicyclic) bond motifs is 3. The smallest absolute Gasteiger partial charge is 0.132 e. The Morgan fingerprint density at radius 2 is 2.00 bits per heavy atom. The lowest BCUT2D eigenvalue weighted by atomic mass is 9.98. The second-order valence-corrected chi connectivity index (χ2v) is 7.14. The molecule has 0 saturated carbocycles. The molecule has 0 unspecified atom stereocenters. The van der Waals surface area contributed by atoms with Crippen LogP contribution in [-0.4, -0.2) is 21.4 Å². The van der Waals surface area contributed by atoms with Gasteiger partial charge in [0.15, 0.2) is 0 Å². The zero-order chi connectivity index (χ0) is 18.8. The van der Waals surface area contributed by atoms with Crippen molar-refractivity contribution in [3.05, 3.63) is 84.4 Å². The highest BCUT2D eigenvalue weighted by Crippen LogP contribution is 2.38. The molecule has 0 spiro atoms. The van der Waals surface area contributed by atoms with Gasteiger partial charge in [0.05, 0.1) is 36.8 Å². The first-order valence-electron chi connectivity index (χ1n) is 9.70. The van der Waals surface area contributed by atoms with E-state index in [1.807, 2.05) is 41.5 Å². The Kier molecular flexibility index (Phi) is 4.41. The summed E-state index contributed by atoms with van der Waals surface area (Å²) in [4.78, 5) is 4.37. The lowest BCUT2D eigenvalue weighted by Gasteiger charge is -2.19. The van der Waals surface area contributed by atoms with Crippen LogP contribution >= 0.6 is 0 Å². The summed E-state index contributed by atoms with van der Waals surface area (Å²) in [5.74, 6) is 1.01. The maximum absolute atomic E-state index is 6.14. The van der Waals surface area contributed by atoms with E-state index in [0.29, 0.717) is 6.54 Å². The molecular formula is C23H22N4O. The van der Waals surface area contributed by atoms with Gasteiger partial charge in [-0.15, -0.1) is 0 Å². The molecule has 0 amide bonds. The number of hydrogen-bond donors (Lipinski definition) is 1. The van der Waals surface area contributed by atoms with Crippen LogP contribution < -0.4 is 10.1 Å². The number of hydrogen-bond acceptors (Lipinski definition) is 4. The third-order valence-electron chi connectivity index (χ3n) is 5.19. The number of anilines is 1. The zero-order valence-corrected chi connectivity index (χ0v) is 15.6. The first kappa shape index (κ1) is 16.8. The van der Waals surface area contributed by atoms with E-state index in [0.717, 1.165) is 36.6 Å². The average Bonchev–Trinajstić information content (AvgIpc) is 3.06. The van der Waals surface area contributed by atoms with E-state index in [1.54, 1.807) is 0 Å². The van der Waals surface area contributed by atoms with Crippen LogP contribution in [0.5, 0.6) is 5.75 Å². The number of nitrogens with one attached hydrogen (secondary N) is 1. The molecule has 0 bridgehead atoms. The molecule has 1 aliphatic rings. The third-order valence-corrected chi connectivity index (χ3v) is 5.19. The second kappa shape index (κ2) is 7.35. The molecule has 5 rings (SSSR count). The molecule has 2 aromatic carbocycles. The largest absolute Gasteiger partial charge is 0.493 e. The molecule has 1 aliphatic heterocycles. The average molecular weight is 370 g/mol. The molecule has 3 heterocycles. The van der Waals surface area contributed by atoms with E-state index in [2.05, 4.69) is 51.8 Å². The van der Waals surface area contributed by atoms with Crippen LogP contribution in [0.25, 0.3) is 10.8 Å². The normalized spacial score (nSPS) is 16.2. The lowest BCUT2D eigenvalue weighted by molar-refractivity contribution is 0.320. The fourth-order valence-corrected chi connectivity index (χ4v) is 3.85.